The first-order chi connectivity index (χ1) is 9.08. The van der Waals surface area contributed by atoms with E-state index in [1.54, 1.807) is 0 Å². The van der Waals surface area contributed by atoms with Gasteiger partial charge in [-0.2, -0.15) is 0 Å². The van der Waals surface area contributed by atoms with E-state index in [0.29, 0.717) is 25.4 Å². The molecule has 0 spiro atoms. The van der Waals surface area contributed by atoms with Gasteiger partial charge >= 0.3 is 0 Å². The Morgan fingerprint density at radius 2 is 2.21 bits per heavy atom. The largest absolute Gasteiger partial charge is 0.355 e. The number of piperidine rings is 1. The van der Waals surface area contributed by atoms with Crippen LogP contribution in [0.3, 0.4) is 0 Å². The molecule has 0 aromatic heterocycles. The highest BCUT2D eigenvalue weighted by Crippen LogP contribution is 2.17. The molecule has 2 N–H and O–H groups in total. The Labute approximate surface area is 115 Å². The number of nitrogens with zero attached hydrogens (tertiary/aromatic N) is 1. The summed E-state index contributed by atoms with van der Waals surface area (Å²) in [6, 6.07) is 0.650. The standard InChI is InChI=1S/C14H25N3O2/c1-10(2)17(9-12-4-3-7-15-12)14(19)11-5-6-13(18)16-8-11/h10-12,15H,3-9H2,1-2H3,(H,16,18). The fourth-order valence-electron chi connectivity index (χ4n) is 2.88. The Kier molecular flexibility index (Phi) is 4.80. The van der Waals surface area contributed by atoms with E-state index in [4.69, 9.17) is 0 Å². The van der Waals surface area contributed by atoms with Crippen LogP contribution >= 0.6 is 0 Å². The normalized spacial score (nSPS) is 27.4. The maximum Gasteiger partial charge on any atom is 0.227 e. The Balaban J connectivity index is 1.93. The van der Waals surface area contributed by atoms with Crippen LogP contribution in [-0.4, -0.2) is 48.4 Å². The molecule has 5 heteroatoms. The lowest BCUT2D eigenvalue weighted by Crippen LogP contribution is -2.50. The zero-order chi connectivity index (χ0) is 13.8. The fourth-order valence-corrected chi connectivity index (χ4v) is 2.88. The van der Waals surface area contributed by atoms with Crippen LogP contribution in [0.5, 0.6) is 0 Å². The number of hydrogen-bond donors (Lipinski definition) is 2. The van der Waals surface area contributed by atoms with Gasteiger partial charge in [0, 0.05) is 31.6 Å². The second-order valence-electron chi connectivity index (χ2n) is 5.92. The van der Waals surface area contributed by atoms with Crippen LogP contribution in [0.4, 0.5) is 0 Å². The van der Waals surface area contributed by atoms with E-state index in [9.17, 15) is 9.59 Å². The summed E-state index contributed by atoms with van der Waals surface area (Å²) in [7, 11) is 0. The second kappa shape index (κ2) is 6.37. The number of hydrogen-bond acceptors (Lipinski definition) is 3. The van der Waals surface area contributed by atoms with Crippen LogP contribution in [0.15, 0.2) is 0 Å². The third-order valence-corrected chi connectivity index (χ3v) is 4.10. The molecule has 0 radical (unpaired) electrons. The molecule has 2 aliphatic heterocycles. The van der Waals surface area contributed by atoms with Gasteiger partial charge in [-0.25, -0.2) is 0 Å². The third-order valence-electron chi connectivity index (χ3n) is 4.10. The van der Waals surface area contributed by atoms with Crippen LogP contribution < -0.4 is 10.6 Å². The summed E-state index contributed by atoms with van der Waals surface area (Å²) in [5.74, 6) is 0.225. The summed E-state index contributed by atoms with van der Waals surface area (Å²) in [4.78, 5) is 25.7. The summed E-state index contributed by atoms with van der Waals surface area (Å²) in [6.45, 7) is 6.48. The highest BCUT2D eigenvalue weighted by atomic mass is 16.2. The van der Waals surface area contributed by atoms with Crippen molar-refractivity contribution in [2.75, 3.05) is 19.6 Å². The van der Waals surface area contributed by atoms with Gasteiger partial charge in [-0.05, 0) is 39.7 Å². The van der Waals surface area contributed by atoms with Crippen LogP contribution in [-0.2, 0) is 9.59 Å². The summed E-state index contributed by atoms with van der Waals surface area (Å²) in [5, 5.41) is 6.24. The molecule has 2 saturated heterocycles. The van der Waals surface area contributed by atoms with Crippen molar-refractivity contribution in [3.05, 3.63) is 0 Å². The Morgan fingerprint density at radius 3 is 2.74 bits per heavy atom. The smallest absolute Gasteiger partial charge is 0.227 e. The molecular formula is C14H25N3O2. The van der Waals surface area contributed by atoms with Crippen molar-refractivity contribution in [1.29, 1.82) is 0 Å². The molecule has 108 valence electrons. The molecule has 2 rings (SSSR count). The van der Waals surface area contributed by atoms with Crippen molar-refractivity contribution in [1.82, 2.24) is 15.5 Å². The van der Waals surface area contributed by atoms with Gasteiger partial charge in [0.1, 0.15) is 0 Å². The van der Waals surface area contributed by atoms with E-state index in [1.165, 1.54) is 6.42 Å². The second-order valence-corrected chi connectivity index (χ2v) is 5.92. The molecule has 2 fully saturated rings. The lowest BCUT2D eigenvalue weighted by Gasteiger charge is -2.34. The van der Waals surface area contributed by atoms with Gasteiger partial charge in [-0.15, -0.1) is 0 Å². The first-order valence-corrected chi connectivity index (χ1v) is 7.38. The van der Waals surface area contributed by atoms with Gasteiger partial charge < -0.3 is 15.5 Å². The number of amides is 2. The molecular weight excluding hydrogens is 242 g/mol. The van der Waals surface area contributed by atoms with E-state index < -0.39 is 0 Å². The van der Waals surface area contributed by atoms with Crippen molar-refractivity contribution in [3.63, 3.8) is 0 Å². The van der Waals surface area contributed by atoms with Gasteiger partial charge in [-0.1, -0.05) is 0 Å². The van der Waals surface area contributed by atoms with Gasteiger partial charge in [0.25, 0.3) is 0 Å². The predicted molar refractivity (Wildman–Crippen MR) is 73.6 cm³/mol. The maximum absolute atomic E-state index is 12.6. The molecule has 2 heterocycles. The molecule has 0 aromatic carbocycles. The van der Waals surface area contributed by atoms with Crippen molar-refractivity contribution in [2.45, 2.75) is 51.6 Å². The Bertz CT molecular complexity index is 328. The van der Waals surface area contributed by atoms with Gasteiger partial charge in [0.05, 0.1) is 5.92 Å². The molecule has 2 amide bonds. The molecule has 19 heavy (non-hydrogen) atoms. The number of carbonyl (C=O) groups excluding carboxylic acids is 2. The Morgan fingerprint density at radius 1 is 1.42 bits per heavy atom. The van der Waals surface area contributed by atoms with Gasteiger partial charge in [0.15, 0.2) is 0 Å². The van der Waals surface area contributed by atoms with E-state index in [1.807, 2.05) is 4.90 Å². The first-order valence-electron chi connectivity index (χ1n) is 7.38. The molecule has 2 aliphatic rings. The van der Waals surface area contributed by atoms with E-state index in [0.717, 1.165) is 19.5 Å². The minimum Gasteiger partial charge on any atom is -0.355 e. The monoisotopic (exact) mass is 267 g/mol. The third kappa shape index (κ3) is 3.69. The average Bonchev–Trinajstić information content (AvgIpc) is 2.88. The van der Waals surface area contributed by atoms with Crippen molar-refractivity contribution in [2.24, 2.45) is 5.92 Å². The van der Waals surface area contributed by atoms with E-state index in [2.05, 4.69) is 24.5 Å². The average molecular weight is 267 g/mol. The van der Waals surface area contributed by atoms with Gasteiger partial charge in [-0.3, -0.25) is 9.59 Å². The van der Waals surface area contributed by atoms with Gasteiger partial charge in [0.2, 0.25) is 11.8 Å². The lowest BCUT2D eigenvalue weighted by molar-refractivity contribution is -0.139. The van der Waals surface area contributed by atoms with Crippen molar-refractivity contribution in [3.8, 4) is 0 Å². The van der Waals surface area contributed by atoms with Crippen molar-refractivity contribution < 1.29 is 9.59 Å². The predicted octanol–water partition coefficient (Wildman–Crippen LogP) is 0.502. The highest BCUT2D eigenvalue weighted by Gasteiger charge is 2.31. The van der Waals surface area contributed by atoms with Crippen LogP contribution in [0.2, 0.25) is 0 Å². The zero-order valence-corrected chi connectivity index (χ0v) is 11.9. The molecule has 0 aromatic rings. The summed E-state index contributed by atoms with van der Waals surface area (Å²) >= 11 is 0. The number of carbonyl (C=O) groups is 2. The molecule has 0 saturated carbocycles. The molecule has 2 unspecified atom stereocenters. The quantitative estimate of drug-likeness (QED) is 0.780. The molecule has 5 nitrogen and oxygen atoms in total. The summed E-state index contributed by atoms with van der Waals surface area (Å²) in [5.41, 5.74) is 0. The summed E-state index contributed by atoms with van der Waals surface area (Å²) in [6.07, 6.45) is 3.51. The van der Waals surface area contributed by atoms with E-state index in [-0.39, 0.29) is 23.8 Å². The maximum atomic E-state index is 12.6. The summed E-state index contributed by atoms with van der Waals surface area (Å²) < 4.78 is 0. The Hall–Kier alpha value is -1.10. The molecule has 2 atom stereocenters. The first kappa shape index (κ1) is 14.3. The molecule has 0 aliphatic carbocycles. The van der Waals surface area contributed by atoms with Crippen LogP contribution in [0.1, 0.15) is 39.5 Å². The van der Waals surface area contributed by atoms with Crippen LogP contribution in [0, 0.1) is 5.92 Å². The number of rotatable bonds is 4. The highest BCUT2D eigenvalue weighted by molar-refractivity contribution is 5.84. The lowest BCUT2D eigenvalue weighted by atomic mass is 9.96. The SMILES string of the molecule is CC(C)N(CC1CCCN1)C(=O)C1CCC(=O)NC1. The fraction of sp³-hybridized carbons (Fsp3) is 0.857. The zero-order valence-electron chi connectivity index (χ0n) is 11.9. The molecule has 0 bridgehead atoms. The number of nitrogens with one attached hydrogen (secondary N) is 2. The van der Waals surface area contributed by atoms with E-state index >= 15 is 0 Å². The van der Waals surface area contributed by atoms with Crippen LogP contribution in [0.25, 0.3) is 0 Å². The minimum absolute atomic E-state index is 0.0403. The topological polar surface area (TPSA) is 61.4 Å². The minimum atomic E-state index is -0.0403. The van der Waals surface area contributed by atoms with Crippen molar-refractivity contribution >= 4 is 11.8 Å².